The van der Waals surface area contributed by atoms with Gasteiger partial charge >= 0.3 is 0 Å². The number of fused-ring (bicyclic) bond motifs is 1. The highest BCUT2D eigenvalue weighted by atomic mass is 35.5. The Kier molecular flexibility index (Phi) is 2.68. The minimum atomic E-state index is 0.698. The van der Waals surface area contributed by atoms with Gasteiger partial charge in [0.1, 0.15) is 11.6 Å². The molecule has 0 aliphatic heterocycles. The van der Waals surface area contributed by atoms with Crippen molar-refractivity contribution < 1.29 is 4.74 Å². The maximum absolute atomic E-state index is 5.95. The van der Waals surface area contributed by atoms with Crippen LogP contribution in [-0.4, -0.2) is 17.1 Å². The van der Waals surface area contributed by atoms with Crippen molar-refractivity contribution in [3.05, 3.63) is 47.5 Å². The van der Waals surface area contributed by atoms with Crippen molar-refractivity contribution in [1.82, 2.24) is 9.97 Å². The highest BCUT2D eigenvalue weighted by molar-refractivity contribution is 6.31. The van der Waals surface area contributed by atoms with Crippen molar-refractivity contribution in [3.8, 4) is 17.1 Å². The first kappa shape index (κ1) is 11.1. The number of aromatic nitrogens is 2. The zero-order valence-corrected chi connectivity index (χ0v) is 10.5. The summed E-state index contributed by atoms with van der Waals surface area (Å²) in [6, 6.07) is 13.4. The van der Waals surface area contributed by atoms with Gasteiger partial charge in [-0.15, -0.1) is 0 Å². The summed E-state index contributed by atoms with van der Waals surface area (Å²) in [6.45, 7) is 0. The van der Waals surface area contributed by atoms with Gasteiger partial charge in [0.25, 0.3) is 0 Å². The Balaban J connectivity index is 2.13. The molecule has 90 valence electrons. The highest BCUT2D eigenvalue weighted by Gasteiger charge is 2.06. The average molecular weight is 259 g/mol. The third kappa shape index (κ3) is 1.93. The van der Waals surface area contributed by atoms with Gasteiger partial charge in [-0.3, -0.25) is 0 Å². The van der Waals surface area contributed by atoms with E-state index in [1.165, 1.54) is 0 Å². The van der Waals surface area contributed by atoms with Gasteiger partial charge in [0.05, 0.1) is 18.1 Å². The van der Waals surface area contributed by atoms with Crippen LogP contribution in [0, 0.1) is 0 Å². The second kappa shape index (κ2) is 4.35. The first-order valence-electron chi connectivity index (χ1n) is 5.56. The Morgan fingerprint density at radius 2 is 2.06 bits per heavy atom. The summed E-state index contributed by atoms with van der Waals surface area (Å²) >= 11 is 5.95. The van der Waals surface area contributed by atoms with Gasteiger partial charge in [0.2, 0.25) is 0 Å². The summed E-state index contributed by atoms with van der Waals surface area (Å²) in [5.41, 5.74) is 2.82. The lowest BCUT2D eigenvalue weighted by molar-refractivity contribution is 0.415. The van der Waals surface area contributed by atoms with Gasteiger partial charge < -0.3 is 9.72 Å². The van der Waals surface area contributed by atoms with E-state index in [0.717, 1.165) is 28.2 Å². The minimum Gasteiger partial charge on any atom is -0.497 e. The number of hydrogen-bond donors (Lipinski definition) is 1. The number of nitrogens with one attached hydrogen (secondary N) is 1. The van der Waals surface area contributed by atoms with Crippen molar-refractivity contribution in [2.45, 2.75) is 0 Å². The Bertz CT molecular complexity index is 706. The lowest BCUT2D eigenvalue weighted by atomic mass is 10.2. The molecule has 0 aliphatic rings. The molecule has 0 saturated heterocycles. The van der Waals surface area contributed by atoms with Crippen LogP contribution in [0.25, 0.3) is 22.4 Å². The third-order valence-electron chi connectivity index (χ3n) is 2.79. The highest BCUT2D eigenvalue weighted by Crippen LogP contribution is 2.25. The maximum Gasteiger partial charge on any atom is 0.138 e. The molecule has 18 heavy (non-hydrogen) atoms. The van der Waals surface area contributed by atoms with E-state index in [4.69, 9.17) is 16.3 Å². The summed E-state index contributed by atoms with van der Waals surface area (Å²) in [6.07, 6.45) is 0. The van der Waals surface area contributed by atoms with Gasteiger partial charge in [-0.1, -0.05) is 23.7 Å². The summed E-state index contributed by atoms with van der Waals surface area (Å²) in [5.74, 6) is 1.62. The van der Waals surface area contributed by atoms with Crippen LogP contribution in [0.5, 0.6) is 5.75 Å². The van der Waals surface area contributed by atoms with E-state index in [-0.39, 0.29) is 0 Å². The van der Waals surface area contributed by atoms with E-state index in [1.807, 2.05) is 42.5 Å². The SMILES string of the molecule is COc1cccc(-c2nc3ccc(Cl)cc3[nH]2)c1. The number of methoxy groups -OCH3 is 1. The van der Waals surface area contributed by atoms with Crippen LogP contribution >= 0.6 is 11.6 Å². The molecule has 2 aromatic carbocycles. The van der Waals surface area contributed by atoms with Gasteiger partial charge in [0, 0.05) is 10.6 Å². The molecule has 0 radical (unpaired) electrons. The van der Waals surface area contributed by atoms with Crippen molar-refractivity contribution in [2.75, 3.05) is 7.11 Å². The fourth-order valence-electron chi connectivity index (χ4n) is 1.89. The predicted octanol–water partition coefficient (Wildman–Crippen LogP) is 3.89. The Morgan fingerprint density at radius 1 is 1.17 bits per heavy atom. The van der Waals surface area contributed by atoms with Gasteiger partial charge in [-0.2, -0.15) is 0 Å². The molecule has 0 spiro atoms. The molecule has 4 heteroatoms. The lowest BCUT2D eigenvalue weighted by Gasteiger charge is -2.01. The van der Waals surface area contributed by atoms with Crippen LogP contribution in [0.1, 0.15) is 0 Å². The quantitative estimate of drug-likeness (QED) is 0.757. The molecule has 3 aromatic rings. The Hall–Kier alpha value is -2.00. The Labute approximate surface area is 109 Å². The van der Waals surface area contributed by atoms with Crippen LogP contribution in [0.2, 0.25) is 5.02 Å². The molecule has 0 fully saturated rings. The van der Waals surface area contributed by atoms with Gasteiger partial charge in [0.15, 0.2) is 0 Å². The first-order chi connectivity index (χ1) is 8.76. The molecule has 0 aliphatic carbocycles. The minimum absolute atomic E-state index is 0.698. The molecular formula is C14H11ClN2O. The molecule has 0 amide bonds. The lowest BCUT2D eigenvalue weighted by Crippen LogP contribution is -1.84. The van der Waals surface area contributed by atoms with Gasteiger partial charge in [-0.25, -0.2) is 4.98 Å². The molecule has 0 bridgehead atoms. The molecule has 3 rings (SSSR count). The van der Waals surface area contributed by atoms with Crippen LogP contribution in [0.3, 0.4) is 0 Å². The van der Waals surface area contributed by atoms with Crippen LogP contribution in [0.4, 0.5) is 0 Å². The van der Waals surface area contributed by atoms with E-state index < -0.39 is 0 Å². The fourth-order valence-corrected chi connectivity index (χ4v) is 2.06. The number of ether oxygens (including phenoxy) is 1. The smallest absolute Gasteiger partial charge is 0.138 e. The molecule has 1 heterocycles. The molecule has 1 N–H and O–H groups in total. The number of halogens is 1. The number of H-pyrrole nitrogens is 1. The maximum atomic E-state index is 5.95. The summed E-state index contributed by atoms with van der Waals surface area (Å²) in [7, 11) is 1.65. The molecular weight excluding hydrogens is 248 g/mol. The average Bonchev–Trinajstić information content (AvgIpc) is 2.81. The molecule has 3 nitrogen and oxygen atoms in total. The molecule has 0 atom stereocenters. The zero-order chi connectivity index (χ0) is 12.5. The summed E-state index contributed by atoms with van der Waals surface area (Å²) in [4.78, 5) is 7.78. The normalized spacial score (nSPS) is 10.8. The number of nitrogens with zero attached hydrogens (tertiary/aromatic N) is 1. The second-order valence-electron chi connectivity index (χ2n) is 3.98. The van der Waals surface area contributed by atoms with E-state index in [9.17, 15) is 0 Å². The summed E-state index contributed by atoms with van der Waals surface area (Å²) in [5, 5.41) is 0.698. The number of imidazole rings is 1. The Morgan fingerprint density at radius 3 is 2.89 bits per heavy atom. The number of benzene rings is 2. The topological polar surface area (TPSA) is 37.9 Å². The summed E-state index contributed by atoms with van der Waals surface area (Å²) < 4.78 is 5.21. The number of hydrogen-bond acceptors (Lipinski definition) is 2. The van der Waals surface area contributed by atoms with Crippen molar-refractivity contribution in [1.29, 1.82) is 0 Å². The van der Waals surface area contributed by atoms with Crippen LogP contribution < -0.4 is 4.74 Å². The van der Waals surface area contributed by atoms with Crippen molar-refractivity contribution in [2.24, 2.45) is 0 Å². The van der Waals surface area contributed by atoms with E-state index >= 15 is 0 Å². The first-order valence-corrected chi connectivity index (χ1v) is 5.94. The van der Waals surface area contributed by atoms with Crippen LogP contribution in [0.15, 0.2) is 42.5 Å². The van der Waals surface area contributed by atoms with Crippen molar-refractivity contribution >= 4 is 22.6 Å². The zero-order valence-electron chi connectivity index (χ0n) is 9.77. The predicted molar refractivity (Wildman–Crippen MR) is 73.1 cm³/mol. The standard InChI is InChI=1S/C14H11ClN2O/c1-18-11-4-2-3-9(7-11)14-16-12-6-5-10(15)8-13(12)17-14/h2-8H,1H3,(H,16,17). The monoisotopic (exact) mass is 258 g/mol. The van der Waals surface area contributed by atoms with E-state index in [2.05, 4.69) is 9.97 Å². The van der Waals surface area contributed by atoms with Crippen molar-refractivity contribution in [3.63, 3.8) is 0 Å². The largest absolute Gasteiger partial charge is 0.497 e. The number of aromatic amines is 1. The van der Waals surface area contributed by atoms with E-state index in [0.29, 0.717) is 5.02 Å². The molecule has 0 unspecified atom stereocenters. The molecule has 0 saturated carbocycles. The number of rotatable bonds is 2. The third-order valence-corrected chi connectivity index (χ3v) is 3.02. The van der Waals surface area contributed by atoms with E-state index in [1.54, 1.807) is 7.11 Å². The molecule has 1 aromatic heterocycles. The van der Waals surface area contributed by atoms with Gasteiger partial charge in [-0.05, 0) is 30.3 Å². The fraction of sp³-hybridized carbons (Fsp3) is 0.0714. The second-order valence-corrected chi connectivity index (χ2v) is 4.42. The van der Waals surface area contributed by atoms with Crippen LogP contribution in [-0.2, 0) is 0 Å².